The highest BCUT2D eigenvalue weighted by molar-refractivity contribution is 5.94. The first-order valence-corrected chi connectivity index (χ1v) is 7.84. The quantitative estimate of drug-likeness (QED) is 0.788. The van der Waals surface area contributed by atoms with Gasteiger partial charge in [-0.3, -0.25) is 14.7 Å². The first-order chi connectivity index (χ1) is 10.3. The smallest absolute Gasteiger partial charge is 0.180 e. The molecule has 2 fully saturated rings. The van der Waals surface area contributed by atoms with Crippen molar-refractivity contribution in [3.8, 4) is 0 Å². The number of ketones is 1. The molecule has 0 aromatic carbocycles. The van der Waals surface area contributed by atoms with Crippen LogP contribution in [0.25, 0.3) is 0 Å². The van der Waals surface area contributed by atoms with Gasteiger partial charge in [-0.05, 0) is 18.6 Å². The van der Waals surface area contributed by atoms with E-state index in [0.29, 0.717) is 18.2 Å². The average molecular weight is 289 g/mol. The summed E-state index contributed by atoms with van der Waals surface area (Å²) in [5.74, 6) is 0.106. The molecule has 2 aliphatic heterocycles. The van der Waals surface area contributed by atoms with E-state index in [4.69, 9.17) is 4.74 Å². The van der Waals surface area contributed by atoms with Gasteiger partial charge in [0.2, 0.25) is 0 Å². The van der Waals surface area contributed by atoms with Crippen molar-refractivity contribution in [1.82, 2.24) is 9.88 Å². The maximum absolute atomic E-state index is 11.6. The molecule has 1 aromatic heterocycles. The van der Waals surface area contributed by atoms with E-state index in [9.17, 15) is 4.79 Å². The van der Waals surface area contributed by atoms with Crippen LogP contribution in [-0.4, -0.2) is 61.1 Å². The molecule has 0 amide bonds. The van der Waals surface area contributed by atoms with Crippen molar-refractivity contribution in [3.63, 3.8) is 0 Å². The largest absolute Gasteiger partial charge is 0.379 e. The Hall–Kier alpha value is -1.46. The van der Waals surface area contributed by atoms with Crippen LogP contribution in [0.3, 0.4) is 0 Å². The minimum atomic E-state index is 0.106. The third kappa shape index (κ3) is 3.24. The monoisotopic (exact) mass is 289 g/mol. The second-order valence-corrected chi connectivity index (χ2v) is 5.72. The Morgan fingerprint density at radius 1 is 1.33 bits per heavy atom. The molecule has 2 aliphatic rings. The second-order valence-electron chi connectivity index (χ2n) is 5.72. The zero-order valence-electron chi connectivity index (χ0n) is 12.6. The number of ether oxygens (including phenoxy) is 1. The van der Waals surface area contributed by atoms with E-state index in [2.05, 4.69) is 14.8 Å². The molecule has 0 saturated carbocycles. The number of aromatic nitrogens is 1. The van der Waals surface area contributed by atoms with Gasteiger partial charge in [0.05, 0.1) is 25.1 Å². The van der Waals surface area contributed by atoms with Gasteiger partial charge in [-0.25, -0.2) is 0 Å². The standard InChI is InChI=1S/C16H23N3O2/c1-2-16(20)15-4-3-13(11-17-15)19-6-5-14(12-19)18-7-9-21-10-8-18/h3-4,11,14H,2,5-10,12H2,1H3. The van der Waals surface area contributed by atoms with Gasteiger partial charge >= 0.3 is 0 Å². The lowest BCUT2D eigenvalue weighted by Crippen LogP contribution is -2.44. The van der Waals surface area contributed by atoms with Gasteiger partial charge in [0.25, 0.3) is 0 Å². The Labute approximate surface area is 125 Å². The Balaban J connectivity index is 1.61. The van der Waals surface area contributed by atoms with Crippen LogP contribution in [-0.2, 0) is 4.74 Å². The van der Waals surface area contributed by atoms with Gasteiger partial charge in [-0.15, -0.1) is 0 Å². The SMILES string of the molecule is CCC(=O)c1ccc(N2CCC(N3CCOCC3)C2)cn1. The van der Waals surface area contributed by atoms with Crippen molar-refractivity contribution in [2.45, 2.75) is 25.8 Å². The Morgan fingerprint density at radius 3 is 2.81 bits per heavy atom. The van der Waals surface area contributed by atoms with E-state index >= 15 is 0 Å². The number of hydrogen-bond donors (Lipinski definition) is 0. The molecule has 5 nitrogen and oxygen atoms in total. The first-order valence-electron chi connectivity index (χ1n) is 7.84. The van der Waals surface area contributed by atoms with E-state index in [1.807, 2.05) is 25.3 Å². The Kier molecular flexibility index (Phi) is 4.51. The van der Waals surface area contributed by atoms with Crippen molar-refractivity contribution in [2.24, 2.45) is 0 Å². The topological polar surface area (TPSA) is 45.7 Å². The summed E-state index contributed by atoms with van der Waals surface area (Å²) < 4.78 is 5.42. The molecular weight excluding hydrogens is 266 g/mol. The molecule has 0 radical (unpaired) electrons. The average Bonchev–Trinajstić information content (AvgIpc) is 3.05. The number of nitrogens with zero attached hydrogens (tertiary/aromatic N) is 3. The van der Waals surface area contributed by atoms with Crippen LogP contribution >= 0.6 is 0 Å². The molecule has 0 spiro atoms. The maximum Gasteiger partial charge on any atom is 0.180 e. The summed E-state index contributed by atoms with van der Waals surface area (Å²) in [4.78, 5) is 20.8. The number of morpholine rings is 1. The summed E-state index contributed by atoms with van der Waals surface area (Å²) in [5, 5.41) is 0. The van der Waals surface area contributed by atoms with Gasteiger partial charge in [-0.2, -0.15) is 0 Å². The fourth-order valence-corrected chi connectivity index (χ4v) is 3.14. The number of anilines is 1. The lowest BCUT2D eigenvalue weighted by Gasteiger charge is -2.32. The van der Waals surface area contributed by atoms with E-state index < -0.39 is 0 Å². The second kappa shape index (κ2) is 6.54. The number of carbonyl (C=O) groups is 1. The highest BCUT2D eigenvalue weighted by Crippen LogP contribution is 2.23. The molecule has 1 unspecified atom stereocenters. The van der Waals surface area contributed by atoms with E-state index in [-0.39, 0.29) is 5.78 Å². The van der Waals surface area contributed by atoms with Crippen LogP contribution < -0.4 is 4.90 Å². The summed E-state index contributed by atoms with van der Waals surface area (Å²) in [7, 11) is 0. The number of rotatable bonds is 4. The molecule has 0 aliphatic carbocycles. The van der Waals surface area contributed by atoms with Crippen molar-refractivity contribution in [3.05, 3.63) is 24.0 Å². The third-order valence-electron chi connectivity index (χ3n) is 4.45. The zero-order chi connectivity index (χ0) is 14.7. The van der Waals surface area contributed by atoms with Crippen molar-refractivity contribution >= 4 is 11.5 Å². The van der Waals surface area contributed by atoms with Crippen LogP contribution in [0.4, 0.5) is 5.69 Å². The predicted octanol–water partition coefficient (Wildman–Crippen LogP) is 1.59. The Bertz CT molecular complexity index is 483. The van der Waals surface area contributed by atoms with Crippen molar-refractivity contribution in [1.29, 1.82) is 0 Å². The van der Waals surface area contributed by atoms with Crippen LogP contribution in [0.5, 0.6) is 0 Å². The molecule has 21 heavy (non-hydrogen) atoms. The fourth-order valence-electron chi connectivity index (χ4n) is 3.14. The summed E-state index contributed by atoms with van der Waals surface area (Å²) >= 11 is 0. The van der Waals surface area contributed by atoms with Gasteiger partial charge in [-0.1, -0.05) is 6.92 Å². The van der Waals surface area contributed by atoms with Gasteiger partial charge in [0, 0.05) is 38.6 Å². The minimum absolute atomic E-state index is 0.106. The van der Waals surface area contributed by atoms with E-state index in [0.717, 1.165) is 45.1 Å². The van der Waals surface area contributed by atoms with E-state index in [1.54, 1.807) is 0 Å². The van der Waals surface area contributed by atoms with Gasteiger partial charge < -0.3 is 9.64 Å². The molecule has 1 aromatic rings. The molecule has 3 rings (SSSR count). The zero-order valence-corrected chi connectivity index (χ0v) is 12.6. The summed E-state index contributed by atoms with van der Waals surface area (Å²) in [5.41, 5.74) is 1.70. The molecule has 3 heterocycles. The fraction of sp³-hybridized carbons (Fsp3) is 0.625. The molecule has 114 valence electrons. The van der Waals surface area contributed by atoms with Crippen LogP contribution in [0.1, 0.15) is 30.3 Å². The molecule has 0 N–H and O–H groups in total. The molecule has 0 bridgehead atoms. The summed E-state index contributed by atoms with van der Waals surface area (Å²) in [6.07, 6.45) is 3.54. The molecule has 2 saturated heterocycles. The third-order valence-corrected chi connectivity index (χ3v) is 4.45. The number of hydrogen-bond acceptors (Lipinski definition) is 5. The van der Waals surface area contributed by atoms with Crippen molar-refractivity contribution < 1.29 is 9.53 Å². The minimum Gasteiger partial charge on any atom is -0.379 e. The number of carbonyl (C=O) groups excluding carboxylic acids is 1. The summed E-state index contributed by atoms with van der Waals surface area (Å²) in [6.45, 7) is 7.76. The lowest BCUT2D eigenvalue weighted by molar-refractivity contribution is 0.0209. The number of Topliss-reactive ketones (excluding diaryl/α,β-unsaturated/α-hetero) is 1. The number of pyridine rings is 1. The van der Waals surface area contributed by atoms with Crippen LogP contribution in [0, 0.1) is 0 Å². The molecular formula is C16H23N3O2. The highest BCUT2D eigenvalue weighted by Gasteiger charge is 2.28. The Morgan fingerprint density at radius 2 is 2.14 bits per heavy atom. The first kappa shape index (κ1) is 14.5. The van der Waals surface area contributed by atoms with Crippen molar-refractivity contribution in [2.75, 3.05) is 44.3 Å². The highest BCUT2D eigenvalue weighted by atomic mass is 16.5. The van der Waals surface area contributed by atoms with Crippen LogP contribution in [0.2, 0.25) is 0 Å². The van der Waals surface area contributed by atoms with Gasteiger partial charge in [0.1, 0.15) is 5.69 Å². The maximum atomic E-state index is 11.6. The van der Waals surface area contributed by atoms with E-state index in [1.165, 1.54) is 6.42 Å². The summed E-state index contributed by atoms with van der Waals surface area (Å²) in [6, 6.07) is 4.49. The molecule has 1 atom stereocenters. The predicted molar refractivity (Wildman–Crippen MR) is 81.9 cm³/mol. The normalized spacial score (nSPS) is 23.5. The van der Waals surface area contributed by atoms with Gasteiger partial charge in [0.15, 0.2) is 5.78 Å². The molecule has 5 heteroatoms. The van der Waals surface area contributed by atoms with Crippen LogP contribution in [0.15, 0.2) is 18.3 Å². The lowest BCUT2D eigenvalue weighted by atomic mass is 10.2.